The van der Waals surface area contributed by atoms with Gasteiger partial charge >= 0.3 is 5.91 Å². The van der Waals surface area contributed by atoms with Crippen LogP contribution in [0.2, 0.25) is 0 Å². The normalized spacial score (nSPS) is 13.9. The Balaban J connectivity index is 1.56. The molecule has 1 aliphatic heterocycles. The summed E-state index contributed by atoms with van der Waals surface area (Å²) in [5.41, 5.74) is 9.82. The molecule has 0 atom stereocenters. The molecule has 10 nitrogen and oxygen atoms in total. The van der Waals surface area contributed by atoms with Crippen molar-refractivity contribution in [3.05, 3.63) is 82.9 Å². The van der Waals surface area contributed by atoms with E-state index in [-0.39, 0.29) is 30.4 Å². The maximum Gasteiger partial charge on any atom is 0.310 e. The number of hydroxylamine groups is 1. The molecule has 0 aliphatic carbocycles. The van der Waals surface area contributed by atoms with Crippen LogP contribution in [0.4, 0.5) is 10.2 Å². The van der Waals surface area contributed by atoms with E-state index >= 15 is 0 Å². The lowest BCUT2D eigenvalue weighted by molar-refractivity contribution is -0.135. The minimum absolute atomic E-state index is 0.0449. The summed E-state index contributed by atoms with van der Waals surface area (Å²) in [4.78, 5) is 29.1. The zero-order chi connectivity index (χ0) is 27.8. The van der Waals surface area contributed by atoms with Gasteiger partial charge in [0.05, 0.1) is 11.3 Å². The maximum absolute atomic E-state index is 14.4. The van der Waals surface area contributed by atoms with Crippen molar-refractivity contribution in [2.24, 2.45) is 5.73 Å². The number of benzene rings is 2. The molecule has 0 unspecified atom stereocenters. The van der Waals surface area contributed by atoms with Crippen LogP contribution in [-0.2, 0) is 20.9 Å². The fourth-order valence-electron chi connectivity index (χ4n) is 4.07. The summed E-state index contributed by atoms with van der Waals surface area (Å²) in [6, 6.07) is 16.8. The Labute approximate surface area is 224 Å². The highest BCUT2D eigenvalue weighted by Crippen LogP contribution is 2.30. The zero-order valence-electron chi connectivity index (χ0n) is 20.8. The monoisotopic (exact) mass is 531 g/mol. The number of carbonyl (C=O) groups is 2. The van der Waals surface area contributed by atoms with E-state index in [1.807, 2.05) is 12.1 Å². The highest BCUT2D eigenvalue weighted by atomic mass is 19.1. The molecule has 1 aliphatic rings. The number of hydrogen-bond acceptors (Lipinski definition) is 9. The van der Waals surface area contributed by atoms with Crippen LogP contribution in [0, 0.1) is 17.1 Å². The number of nitrogens with one attached hydrogen (secondary N) is 1. The quantitative estimate of drug-likeness (QED) is 0.124. The number of aromatic nitrogens is 1. The first-order valence-corrected chi connectivity index (χ1v) is 12.1. The number of anilines is 1. The first kappa shape index (κ1) is 27.3. The minimum Gasteiger partial charge on any atom is -0.489 e. The molecule has 0 saturated carbocycles. The summed E-state index contributed by atoms with van der Waals surface area (Å²) in [6.07, 6.45) is 2.95. The fraction of sp³-hybridized carbons (Fsp3) is 0.214. The summed E-state index contributed by atoms with van der Waals surface area (Å²) in [5.74, 6) is -0.742. The van der Waals surface area contributed by atoms with E-state index in [2.05, 4.69) is 9.64 Å². The SMILES string of the molecule is N#Cc1ccc(-c2cc(OCc3ccc(/C=C(/OC=O)C(=O)NO)cc3)cc(N3CCC(N)CC3)n2)cc1F. The van der Waals surface area contributed by atoms with Gasteiger partial charge in [-0.2, -0.15) is 5.26 Å². The lowest BCUT2D eigenvalue weighted by Crippen LogP contribution is -2.40. The summed E-state index contributed by atoms with van der Waals surface area (Å²) >= 11 is 0. The third-order valence-corrected chi connectivity index (χ3v) is 6.22. The van der Waals surface area contributed by atoms with Crippen molar-refractivity contribution in [1.29, 1.82) is 5.26 Å². The molecule has 0 spiro atoms. The topological polar surface area (TPSA) is 151 Å². The smallest absolute Gasteiger partial charge is 0.310 e. The molecule has 3 aromatic rings. The van der Waals surface area contributed by atoms with Gasteiger partial charge in [0.2, 0.25) is 0 Å². The van der Waals surface area contributed by atoms with Crippen LogP contribution >= 0.6 is 0 Å². The number of rotatable bonds is 9. The van der Waals surface area contributed by atoms with E-state index in [1.165, 1.54) is 23.7 Å². The van der Waals surface area contributed by atoms with Crippen molar-refractivity contribution in [3.8, 4) is 23.1 Å². The molecule has 2 heterocycles. The van der Waals surface area contributed by atoms with E-state index in [4.69, 9.17) is 25.9 Å². The lowest BCUT2D eigenvalue weighted by atomic mass is 10.1. The van der Waals surface area contributed by atoms with Crippen LogP contribution in [-0.4, -0.2) is 41.7 Å². The van der Waals surface area contributed by atoms with E-state index in [1.54, 1.807) is 36.4 Å². The number of nitrogens with two attached hydrogens (primary N) is 1. The van der Waals surface area contributed by atoms with Crippen LogP contribution in [0.5, 0.6) is 5.75 Å². The van der Waals surface area contributed by atoms with E-state index in [0.717, 1.165) is 31.5 Å². The standard InChI is InChI=1S/C28H26FN5O5/c29-24-12-20(5-6-21(24)15-30)25-13-23(14-27(32-25)34-9-7-22(31)8-10-34)38-16-19-3-1-18(2-4-19)11-26(39-17-35)28(36)33-37/h1-6,11-14,17,22,37H,7-10,16,31H2,(H,33,36)/b26-11+. The lowest BCUT2D eigenvalue weighted by Gasteiger charge is -2.31. The largest absolute Gasteiger partial charge is 0.489 e. The van der Waals surface area contributed by atoms with Gasteiger partial charge in [-0.25, -0.2) is 14.9 Å². The van der Waals surface area contributed by atoms with Crippen LogP contribution in [0.15, 0.2) is 60.4 Å². The first-order valence-electron chi connectivity index (χ1n) is 12.1. The average Bonchev–Trinajstić information content (AvgIpc) is 2.96. The molecule has 1 saturated heterocycles. The Hall–Kier alpha value is -4.79. The van der Waals surface area contributed by atoms with Gasteiger partial charge in [0.15, 0.2) is 5.76 Å². The van der Waals surface area contributed by atoms with Gasteiger partial charge in [-0.3, -0.25) is 14.8 Å². The van der Waals surface area contributed by atoms with Gasteiger partial charge in [0.25, 0.3) is 6.47 Å². The summed E-state index contributed by atoms with van der Waals surface area (Å²) in [5, 5.41) is 17.8. The number of halogens is 1. The van der Waals surface area contributed by atoms with Crippen molar-refractivity contribution in [3.63, 3.8) is 0 Å². The molecule has 1 amide bonds. The number of carbonyl (C=O) groups excluding carboxylic acids is 2. The van der Waals surface area contributed by atoms with Crippen LogP contribution in [0.25, 0.3) is 17.3 Å². The minimum atomic E-state index is -0.961. The Morgan fingerprint density at radius 2 is 1.95 bits per heavy atom. The highest BCUT2D eigenvalue weighted by Gasteiger charge is 2.19. The average molecular weight is 532 g/mol. The van der Waals surface area contributed by atoms with Crippen molar-refractivity contribution >= 4 is 24.3 Å². The number of ether oxygens (including phenoxy) is 2. The molecule has 11 heteroatoms. The van der Waals surface area contributed by atoms with Crippen molar-refractivity contribution < 1.29 is 28.7 Å². The number of nitrogens with zero attached hydrogens (tertiary/aromatic N) is 3. The number of hydrogen-bond donors (Lipinski definition) is 3. The van der Waals surface area contributed by atoms with Crippen molar-refractivity contribution in [2.45, 2.75) is 25.5 Å². The summed E-state index contributed by atoms with van der Waals surface area (Å²) in [6.45, 7) is 1.76. The predicted molar refractivity (Wildman–Crippen MR) is 140 cm³/mol. The van der Waals surface area contributed by atoms with Gasteiger partial charge in [-0.1, -0.05) is 30.3 Å². The molecule has 0 radical (unpaired) electrons. The van der Waals surface area contributed by atoms with Gasteiger partial charge in [-0.15, -0.1) is 0 Å². The molecule has 0 bridgehead atoms. The van der Waals surface area contributed by atoms with Crippen molar-refractivity contribution in [2.75, 3.05) is 18.0 Å². The Morgan fingerprint density at radius 1 is 1.21 bits per heavy atom. The van der Waals surface area contributed by atoms with Crippen LogP contribution in [0.1, 0.15) is 29.5 Å². The molecule has 4 N–H and O–H groups in total. The van der Waals surface area contributed by atoms with Crippen molar-refractivity contribution in [1.82, 2.24) is 10.5 Å². The molecular weight excluding hydrogens is 505 g/mol. The third-order valence-electron chi connectivity index (χ3n) is 6.22. The third kappa shape index (κ3) is 6.95. The molecule has 1 fully saturated rings. The number of nitriles is 1. The maximum atomic E-state index is 14.4. The molecule has 39 heavy (non-hydrogen) atoms. The predicted octanol–water partition coefficient (Wildman–Crippen LogP) is 3.29. The second kappa shape index (κ2) is 12.6. The van der Waals surface area contributed by atoms with Crippen LogP contribution < -0.4 is 20.9 Å². The molecule has 4 rings (SSSR count). The number of pyridine rings is 1. The zero-order valence-corrected chi connectivity index (χ0v) is 20.8. The second-order valence-electron chi connectivity index (χ2n) is 8.87. The van der Waals surface area contributed by atoms with E-state index < -0.39 is 11.7 Å². The van der Waals surface area contributed by atoms with Gasteiger partial charge in [-0.05, 0) is 42.2 Å². The second-order valence-corrected chi connectivity index (χ2v) is 8.87. The molecule has 2 aromatic carbocycles. The molecule has 1 aromatic heterocycles. The Bertz CT molecular complexity index is 1410. The Morgan fingerprint density at radius 3 is 2.59 bits per heavy atom. The summed E-state index contributed by atoms with van der Waals surface area (Å²) in [7, 11) is 0. The Kier molecular flexibility index (Phi) is 8.83. The first-order chi connectivity index (χ1) is 18.9. The molecule has 200 valence electrons. The van der Waals surface area contributed by atoms with Gasteiger partial charge in [0.1, 0.15) is 30.1 Å². The fourth-order valence-corrected chi connectivity index (χ4v) is 4.07. The van der Waals surface area contributed by atoms with Crippen LogP contribution in [0.3, 0.4) is 0 Å². The molecular formula is C28H26FN5O5. The highest BCUT2D eigenvalue weighted by molar-refractivity contribution is 5.96. The number of piperidine rings is 1. The van der Waals surface area contributed by atoms with E-state index in [9.17, 15) is 14.0 Å². The summed E-state index contributed by atoms with van der Waals surface area (Å²) < 4.78 is 25.0. The van der Waals surface area contributed by atoms with Gasteiger partial charge < -0.3 is 20.1 Å². The number of amides is 1. The van der Waals surface area contributed by atoms with E-state index in [0.29, 0.717) is 28.4 Å². The van der Waals surface area contributed by atoms with Gasteiger partial charge in [0, 0.05) is 36.8 Å².